The summed E-state index contributed by atoms with van der Waals surface area (Å²) in [6, 6.07) is 16.5. The van der Waals surface area contributed by atoms with Gasteiger partial charge in [-0.1, -0.05) is 6.07 Å². The summed E-state index contributed by atoms with van der Waals surface area (Å²) in [5.41, 5.74) is 7.41. The Morgan fingerprint density at radius 2 is 1.93 bits per heavy atom. The first-order chi connectivity index (χ1) is 14.3. The van der Waals surface area contributed by atoms with Crippen LogP contribution >= 0.6 is 0 Å². The Labute approximate surface area is 167 Å². The minimum Gasteiger partial charge on any atom is -0.367 e. The molecule has 0 atom stereocenters. The van der Waals surface area contributed by atoms with Gasteiger partial charge in [0.2, 0.25) is 0 Å². The summed E-state index contributed by atoms with van der Waals surface area (Å²) in [6.45, 7) is 1.85. The second kappa shape index (κ2) is 6.38. The first-order valence-electron chi connectivity index (χ1n) is 9.72. The molecule has 5 aromatic rings. The number of hydrogen-bond acceptors (Lipinski definition) is 5. The molecule has 0 bridgehead atoms. The third kappa shape index (κ3) is 2.81. The zero-order valence-electron chi connectivity index (χ0n) is 15.7. The summed E-state index contributed by atoms with van der Waals surface area (Å²) in [7, 11) is 0. The van der Waals surface area contributed by atoms with E-state index >= 15 is 0 Å². The number of hydrogen-bond donors (Lipinski definition) is 1. The van der Waals surface area contributed by atoms with E-state index in [9.17, 15) is 0 Å². The average molecular weight is 378 g/mol. The lowest BCUT2D eigenvalue weighted by molar-refractivity contribution is 0.712. The summed E-state index contributed by atoms with van der Waals surface area (Å²) in [6.07, 6.45) is 6.43. The third-order valence-electron chi connectivity index (χ3n) is 5.53. The van der Waals surface area contributed by atoms with Gasteiger partial charge < -0.3 is 9.88 Å². The lowest BCUT2D eigenvalue weighted by atomic mass is 10.1. The highest BCUT2D eigenvalue weighted by molar-refractivity contribution is 5.84. The zero-order chi connectivity index (χ0) is 19.2. The molecule has 0 spiro atoms. The molecule has 5 heterocycles. The highest BCUT2D eigenvalue weighted by Crippen LogP contribution is 2.28. The topological polar surface area (TPSA) is 70.6 Å². The van der Waals surface area contributed by atoms with Crippen LogP contribution in [0.5, 0.6) is 0 Å². The summed E-state index contributed by atoms with van der Waals surface area (Å²) >= 11 is 0. The molecular formula is C23H18N6. The lowest BCUT2D eigenvalue weighted by Gasteiger charge is -2.30. The van der Waals surface area contributed by atoms with Gasteiger partial charge in [0.25, 0.3) is 0 Å². The molecule has 1 N–H and O–H groups in total. The van der Waals surface area contributed by atoms with Crippen molar-refractivity contribution in [3.8, 4) is 11.5 Å². The zero-order valence-corrected chi connectivity index (χ0v) is 15.7. The molecule has 0 saturated heterocycles. The molecular weight excluding hydrogens is 360 g/mol. The van der Waals surface area contributed by atoms with Gasteiger partial charge in [-0.15, -0.1) is 0 Å². The van der Waals surface area contributed by atoms with Crippen LogP contribution in [-0.4, -0.2) is 31.5 Å². The van der Waals surface area contributed by atoms with E-state index in [1.54, 1.807) is 6.20 Å². The number of nitrogens with one attached hydrogen (secondary N) is 1. The van der Waals surface area contributed by atoms with Crippen LogP contribution in [0, 0.1) is 0 Å². The Kier molecular flexibility index (Phi) is 3.56. The van der Waals surface area contributed by atoms with Crippen molar-refractivity contribution in [1.82, 2.24) is 24.9 Å². The summed E-state index contributed by atoms with van der Waals surface area (Å²) in [5.74, 6) is 0.782. The molecule has 140 valence electrons. The van der Waals surface area contributed by atoms with Crippen LogP contribution in [0.4, 0.5) is 5.69 Å². The smallest absolute Gasteiger partial charge is 0.157 e. The molecule has 1 aliphatic rings. The first kappa shape index (κ1) is 16.2. The number of pyridine rings is 3. The van der Waals surface area contributed by atoms with Crippen molar-refractivity contribution in [3.05, 3.63) is 78.4 Å². The highest BCUT2D eigenvalue weighted by atomic mass is 15.1. The van der Waals surface area contributed by atoms with Crippen LogP contribution in [0.15, 0.2) is 67.1 Å². The van der Waals surface area contributed by atoms with E-state index in [1.165, 1.54) is 16.9 Å². The van der Waals surface area contributed by atoms with Gasteiger partial charge >= 0.3 is 0 Å². The van der Waals surface area contributed by atoms with E-state index in [4.69, 9.17) is 9.97 Å². The largest absolute Gasteiger partial charge is 0.367 e. The van der Waals surface area contributed by atoms with Gasteiger partial charge in [0, 0.05) is 54.9 Å². The van der Waals surface area contributed by atoms with Crippen molar-refractivity contribution >= 4 is 27.6 Å². The fourth-order valence-corrected chi connectivity index (χ4v) is 4.00. The Bertz CT molecular complexity index is 1360. The minimum absolute atomic E-state index is 0.782. The number of rotatable bonds is 2. The lowest BCUT2D eigenvalue weighted by Crippen LogP contribution is -2.30. The fourth-order valence-electron chi connectivity index (χ4n) is 4.00. The van der Waals surface area contributed by atoms with Crippen molar-refractivity contribution in [2.75, 3.05) is 11.4 Å². The number of anilines is 1. The molecule has 4 aromatic heterocycles. The van der Waals surface area contributed by atoms with Crippen LogP contribution in [0.25, 0.3) is 33.5 Å². The average Bonchev–Trinajstić information content (AvgIpc) is 3.22. The van der Waals surface area contributed by atoms with Gasteiger partial charge in [-0.3, -0.25) is 9.97 Å². The molecule has 0 amide bonds. The molecule has 0 radical (unpaired) electrons. The second-order valence-corrected chi connectivity index (χ2v) is 7.33. The highest BCUT2D eigenvalue weighted by Gasteiger charge is 2.18. The number of nitrogens with zero attached hydrogens (tertiary/aromatic N) is 5. The predicted molar refractivity (Wildman–Crippen MR) is 114 cm³/mol. The maximum atomic E-state index is 4.82. The quantitative estimate of drug-likeness (QED) is 0.500. The van der Waals surface area contributed by atoms with Gasteiger partial charge in [0.1, 0.15) is 5.69 Å². The molecule has 6 nitrogen and oxygen atoms in total. The fraction of sp³-hybridized carbons (Fsp3) is 0.130. The van der Waals surface area contributed by atoms with Crippen molar-refractivity contribution in [2.24, 2.45) is 0 Å². The van der Waals surface area contributed by atoms with Crippen LogP contribution in [0.3, 0.4) is 0 Å². The molecule has 0 unspecified atom stereocenters. The Hall–Kier alpha value is -3.80. The van der Waals surface area contributed by atoms with Crippen molar-refractivity contribution < 1.29 is 0 Å². The maximum Gasteiger partial charge on any atom is 0.157 e. The van der Waals surface area contributed by atoms with E-state index < -0.39 is 0 Å². The van der Waals surface area contributed by atoms with E-state index in [1.807, 2.05) is 36.7 Å². The Morgan fingerprint density at radius 3 is 2.93 bits per heavy atom. The third-order valence-corrected chi connectivity index (χ3v) is 5.53. The number of H-pyrrole nitrogens is 1. The van der Waals surface area contributed by atoms with Crippen LogP contribution in [-0.2, 0) is 13.0 Å². The SMILES string of the molecule is c1cnc2c(c1)CN(c1ccc3[nH]c(-c4ccc5cnccc5n4)nc3c1)CC2. The monoisotopic (exact) mass is 378 g/mol. The molecule has 6 heteroatoms. The normalized spacial score (nSPS) is 13.7. The van der Waals surface area contributed by atoms with Crippen LogP contribution < -0.4 is 4.90 Å². The first-order valence-corrected chi connectivity index (χ1v) is 9.72. The van der Waals surface area contributed by atoms with Crippen LogP contribution in [0.1, 0.15) is 11.3 Å². The molecule has 6 rings (SSSR count). The van der Waals surface area contributed by atoms with Gasteiger partial charge in [-0.05, 0) is 48.0 Å². The van der Waals surface area contributed by atoms with Gasteiger partial charge in [-0.2, -0.15) is 0 Å². The van der Waals surface area contributed by atoms with Gasteiger partial charge in [-0.25, -0.2) is 9.97 Å². The van der Waals surface area contributed by atoms with Gasteiger partial charge in [0.05, 0.1) is 16.6 Å². The Morgan fingerprint density at radius 1 is 0.931 bits per heavy atom. The number of imidazole rings is 1. The maximum absolute atomic E-state index is 4.82. The molecule has 0 aliphatic carbocycles. The Balaban J connectivity index is 1.35. The summed E-state index contributed by atoms with van der Waals surface area (Å²) in [4.78, 5) is 24.0. The number of fused-ring (bicyclic) bond motifs is 3. The van der Waals surface area contributed by atoms with E-state index in [2.05, 4.69) is 44.1 Å². The molecule has 1 aliphatic heterocycles. The van der Waals surface area contributed by atoms with E-state index in [-0.39, 0.29) is 0 Å². The second-order valence-electron chi connectivity index (χ2n) is 7.33. The molecule has 0 fully saturated rings. The summed E-state index contributed by atoms with van der Waals surface area (Å²) < 4.78 is 0. The molecule has 0 saturated carbocycles. The van der Waals surface area contributed by atoms with Crippen molar-refractivity contribution in [3.63, 3.8) is 0 Å². The van der Waals surface area contributed by atoms with E-state index in [0.29, 0.717) is 0 Å². The number of benzene rings is 1. The molecule has 1 aromatic carbocycles. The number of aromatic amines is 1. The van der Waals surface area contributed by atoms with Crippen molar-refractivity contribution in [1.29, 1.82) is 0 Å². The molecule has 29 heavy (non-hydrogen) atoms. The standard InChI is InChI=1S/C23H18N6/c1-2-16-14-29(11-8-18(16)25-9-1)17-4-6-20-22(12-17)28-23(27-20)21-5-3-15-13-24-10-7-19(15)26-21/h1-7,9-10,12-13H,8,11,14H2,(H,27,28). The van der Waals surface area contributed by atoms with E-state index in [0.717, 1.165) is 53.0 Å². The van der Waals surface area contributed by atoms with Gasteiger partial charge in [0.15, 0.2) is 5.82 Å². The minimum atomic E-state index is 0.782. The van der Waals surface area contributed by atoms with Crippen molar-refractivity contribution in [2.45, 2.75) is 13.0 Å². The van der Waals surface area contributed by atoms with Crippen LogP contribution in [0.2, 0.25) is 0 Å². The number of aromatic nitrogens is 5. The summed E-state index contributed by atoms with van der Waals surface area (Å²) in [5, 5.41) is 1.02. The predicted octanol–water partition coefficient (Wildman–Crippen LogP) is 4.13.